The molecular weight excluding hydrogens is 404 g/mol. The number of hydrazone groups is 1. The minimum atomic E-state index is -3.94. The van der Waals surface area contributed by atoms with E-state index in [1.165, 1.54) is 16.4 Å². The highest BCUT2D eigenvalue weighted by molar-refractivity contribution is 7.89. The van der Waals surface area contributed by atoms with Gasteiger partial charge in [-0.3, -0.25) is 15.5 Å². The maximum atomic E-state index is 13.0. The smallest absolute Gasteiger partial charge is 0.270 e. The fourth-order valence-electron chi connectivity index (χ4n) is 2.59. The Morgan fingerprint density at radius 2 is 1.86 bits per heavy atom. The molecular formula is C18H21ClN4O4S. The molecule has 0 aliphatic heterocycles. The summed E-state index contributed by atoms with van der Waals surface area (Å²) in [5, 5.41) is 15.8. The van der Waals surface area contributed by atoms with Gasteiger partial charge in [-0.2, -0.15) is 9.41 Å². The molecule has 150 valence electrons. The van der Waals surface area contributed by atoms with Crippen LogP contribution in [0, 0.1) is 10.1 Å². The summed E-state index contributed by atoms with van der Waals surface area (Å²) in [4.78, 5) is 10.3. The molecule has 8 nitrogen and oxygen atoms in total. The lowest BCUT2D eigenvalue weighted by Crippen LogP contribution is -2.31. The molecule has 2 aromatic rings. The van der Waals surface area contributed by atoms with Gasteiger partial charge >= 0.3 is 0 Å². The van der Waals surface area contributed by atoms with Crippen LogP contribution in [-0.4, -0.2) is 36.4 Å². The van der Waals surface area contributed by atoms with E-state index in [2.05, 4.69) is 10.5 Å². The van der Waals surface area contributed by atoms with Crippen LogP contribution in [0.25, 0.3) is 0 Å². The van der Waals surface area contributed by atoms with Crippen LogP contribution in [0.1, 0.15) is 26.3 Å². The molecule has 1 N–H and O–H groups in total. The Bertz CT molecular complexity index is 1000. The maximum Gasteiger partial charge on any atom is 0.270 e. The Kier molecular flexibility index (Phi) is 7.11. The van der Waals surface area contributed by atoms with Gasteiger partial charge in [0.25, 0.3) is 5.69 Å². The molecule has 0 fully saturated rings. The molecule has 28 heavy (non-hydrogen) atoms. The average molecular weight is 425 g/mol. The second-order valence-corrected chi connectivity index (χ2v) is 8.13. The van der Waals surface area contributed by atoms with Gasteiger partial charge in [-0.25, -0.2) is 8.42 Å². The van der Waals surface area contributed by atoms with Crippen LogP contribution in [0.5, 0.6) is 0 Å². The fraction of sp³-hybridized carbons (Fsp3) is 0.278. The Morgan fingerprint density at radius 1 is 1.21 bits per heavy atom. The van der Waals surface area contributed by atoms with Crippen molar-refractivity contribution in [3.05, 3.63) is 63.2 Å². The van der Waals surface area contributed by atoms with E-state index in [1.54, 1.807) is 39.0 Å². The molecule has 10 heteroatoms. The zero-order valence-corrected chi connectivity index (χ0v) is 17.3. The van der Waals surface area contributed by atoms with E-state index in [9.17, 15) is 18.5 Å². The maximum absolute atomic E-state index is 13.0. The van der Waals surface area contributed by atoms with Crippen LogP contribution in [0.3, 0.4) is 0 Å². The van der Waals surface area contributed by atoms with Gasteiger partial charge in [-0.05, 0) is 19.1 Å². The van der Waals surface area contributed by atoms with Gasteiger partial charge in [-0.1, -0.05) is 43.6 Å². The number of hydrogen-bond acceptors (Lipinski definition) is 6. The lowest BCUT2D eigenvalue weighted by atomic mass is 10.1. The minimum Gasteiger partial charge on any atom is -0.277 e. The van der Waals surface area contributed by atoms with Gasteiger partial charge in [0.1, 0.15) is 4.90 Å². The number of nitrogens with one attached hydrogen (secondary N) is 1. The molecule has 0 spiro atoms. The number of hydrogen-bond donors (Lipinski definition) is 1. The summed E-state index contributed by atoms with van der Waals surface area (Å²) in [7, 11) is -3.94. The lowest BCUT2D eigenvalue weighted by Gasteiger charge is -2.20. The van der Waals surface area contributed by atoms with Crippen molar-refractivity contribution in [1.29, 1.82) is 0 Å². The first kappa shape index (κ1) is 21.8. The number of halogens is 1. The highest BCUT2D eigenvalue weighted by atomic mass is 35.5. The number of sulfonamides is 1. The SMILES string of the molecule is CCN(CC)S(=O)(=O)c1cc([N+](=O)[O-])ccc1N/N=C(/C)c1ccccc1Cl. The second kappa shape index (κ2) is 9.13. The van der Waals surface area contributed by atoms with Gasteiger partial charge in [-0.15, -0.1) is 0 Å². The fourth-order valence-corrected chi connectivity index (χ4v) is 4.48. The van der Waals surface area contributed by atoms with Crippen LogP contribution in [-0.2, 0) is 10.0 Å². The normalized spacial score (nSPS) is 12.2. The first-order valence-corrected chi connectivity index (χ1v) is 10.4. The molecule has 0 saturated carbocycles. The van der Waals surface area contributed by atoms with Gasteiger partial charge in [0, 0.05) is 35.8 Å². The first-order chi connectivity index (χ1) is 13.2. The third kappa shape index (κ3) is 4.67. The van der Waals surface area contributed by atoms with E-state index in [4.69, 9.17) is 11.6 Å². The lowest BCUT2D eigenvalue weighted by molar-refractivity contribution is -0.385. The Labute approximate surface area is 169 Å². The number of rotatable bonds is 8. The molecule has 0 atom stereocenters. The molecule has 0 unspecified atom stereocenters. The summed E-state index contributed by atoms with van der Waals surface area (Å²) in [6.45, 7) is 5.60. The molecule has 0 amide bonds. The van der Waals surface area contributed by atoms with Crippen molar-refractivity contribution in [2.24, 2.45) is 5.10 Å². The molecule has 0 heterocycles. The van der Waals surface area contributed by atoms with Crippen molar-refractivity contribution < 1.29 is 13.3 Å². The van der Waals surface area contributed by atoms with Crippen molar-refractivity contribution in [1.82, 2.24) is 4.31 Å². The number of anilines is 1. The number of non-ortho nitro benzene ring substituents is 1. The van der Waals surface area contributed by atoms with E-state index in [-0.39, 0.29) is 29.4 Å². The minimum absolute atomic E-state index is 0.143. The third-order valence-electron chi connectivity index (χ3n) is 4.11. The highest BCUT2D eigenvalue weighted by Crippen LogP contribution is 2.29. The Morgan fingerprint density at radius 3 is 2.43 bits per heavy atom. The predicted octanol–water partition coefficient (Wildman–Crippen LogP) is 4.11. The number of nitro groups is 1. The predicted molar refractivity (Wildman–Crippen MR) is 110 cm³/mol. The summed E-state index contributed by atoms with van der Waals surface area (Å²) in [6, 6.07) is 10.7. The topological polar surface area (TPSA) is 105 Å². The Hall–Kier alpha value is -2.49. The van der Waals surface area contributed by atoms with Crippen molar-refractivity contribution in [3.8, 4) is 0 Å². The van der Waals surface area contributed by atoms with Crippen LogP contribution >= 0.6 is 11.6 Å². The number of benzene rings is 2. The third-order valence-corrected chi connectivity index (χ3v) is 6.53. The van der Waals surface area contributed by atoms with Gasteiger partial charge in [0.15, 0.2) is 0 Å². The number of nitro benzene ring substituents is 1. The van der Waals surface area contributed by atoms with Crippen molar-refractivity contribution in [3.63, 3.8) is 0 Å². The van der Waals surface area contributed by atoms with E-state index in [0.29, 0.717) is 16.3 Å². The highest BCUT2D eigenvalue weighted by Gasteiger charge is 2.27. The molecule has 0 aliphatic carbocycles. The summed E-state index contributed by atoms with van der Waals surface area (Å²) < 4.78 is 27.1. The summed E-state index contributed by atoms with van der Waals surface area (Å²) >= 11 is 6.15. The molecule has 0 radical (unpaired) electrons. The zero-order valence-electron chi connectivity index (χ0n) is 15.7. The molecule has 0 aliphatic rings. The molecule has 2 aromatic carbocycles. The quantitative estimate of drug-likeness (QED) is 0.390. The van der Waals surface area contributed by atoms with Crippen molar-refractivity contribution in [2.75, 3.05) is 18.5 Å². The van der Waals surface area contributed by atoms with E-state index in [0.717, 1.165) is 6.07 Å². The summed E-state index contributed by atoms with van der Waals surface area (Å²) in [6.07, 6.45) is 0. The van der Waals surface area contributed by atoms with Gasteiger partial charge in [0.05, 0.1) is 16.3 Å². The van der Waals surface area contributed by atoms with Crippen LogP contribution in [0.4, 0.5) is 11.4 Å². The van der Waals surface area contributed by atoms with Crippen LogP contribution in [0.2, 0.25) is 5.02 Å². The number of nitrogens with zero attached hydrogens (tertiary/aromatic N) is 3. The van der Waals surface area contributed by atoms with Gasteiger partial charge in [0.2, 0.25) is 10.0 Å². The zero-order chi connectivity index (χ0) is 20.9. The average Bonchev–Trinajstić information content (AvgIpc) is 2.67. The summed E-state index contributed by atoms with van der Waals surface area (Å²) in [5.74, 6) is 0. The molecule has 0 bridgehead atoms. The van der Waals surface area contributed by atoms with Crippen LogP contribution in [0.15, 0.2) is 52.5 Å². The van der Waals surface area contributed by atoms with E-state index >= 15 is 0 Å². The molecule has 0 aromatic heterocycles. The van der Waals surface area contributed by atoms with Crippen molar-refractivity contribution in [2.45, 2.75) is 25.7 Å². The van der Waals surface area contributed by atoms with Crippen molar-refractivity contribution >= 4 is 38.7 Å². The first-order valence-electron chi connectivity index (χ1n) is 8.56. The van der Waals surface area contributed by atoms with E-state index in [1.807, 2.05) is 6.07 Å². The molecule has 2 rings (SSSR count). The van der Waals surface area contributed by atoms with Gasteiger partial charge < -0.3 is 0 Å². The standard InChI is InChI=1S/C18H21ClN4O4S/c1-4-22(5-2)28(26,27)18-12-14(23(24)25)10-11-17(18)21-20-13(3)15-8-6-7-9-16(15)19/h6-12,21H,4-5H2,1-3H3/b20-13-. The monoisotopic (exact) mass is 424 g/mol. The van der Waals surface area contributed by atoms with E-state index < -0.39 is 14.9 Å². The Balaban J connectivity index is 2.51. The van der Waals surface area contributed by atoms with Crippen LogP contribution < -0.4 is 5.43 Å². The summed E-state index contributed by atoms with van der Waals surface area (Å²) in [5.41, 5.74) is 3.76. The second-order valence-electron chi connectivity index (χ2n) is 5.82. The molecule has 0 saturated heterocycles. The largest absolute Gasteiger partial charge is 0.277 e.